The normalized spacial score (nSPS) is 14.9. The zero-order chi connectivity index (χ0) is 25.2. The molecule has 1 aromatic carbocycles. The Kier molecular flexibility index (Phi) is 6.88. The van der Waals surface area contributed by atoms with Gasteiger partial charge < -0.3 is 9.26 Å². The summed E-state index contributed by atoms with van der Waals surface area (Å²) in [6.07, 6.45) is 1.94. The van der Waals surface area contributed by atoms with Gasteiger partial charge in [-0.15, -0.1) is 11.3 Å². The first-order valence-electron chi connectivity index (χ1n) is 12.1. The minimum absolute atomic E-state index is 0.0436. The number of carbonyl (C=O) groups excluding carboxylic acids is 1. The lowest BCUT2D eigenvalue weighted by Crippen LogP contribution is -2.34. The minimum Gasteiger partial charge on any atom is -0.461 e. The fourth-order valence-corrected chi connectivity index (χ4v) is 5.63. The van der Waals surface area contributed by atoms with Gasteiger partial charge in [-0.1, -0.05) is 23.4 Å². The molecule has 9 nitrogen and oxygen atoms in total. The summed E-state index contributed by atoms with van der Waals surface area (Å²) < 4.78 is 14.0. The number of rotatable bonds is 7. The van der Waals surface area contributed by atoms with E-state index in [9.17, 15) is 9.59 Å². The Morgan fingerprint density at radius 3 is 2.69 bits per heavy atom. The summed E-state index contributed by atoms with van der Waals surface area (Å²) in [5.74, 6) is 0.317. The van der Waals surface area contributed by atoms with Crippen LogP contribution in [0.25, 0.3) is 17.1 Å². The maximum atomic E-state index is 13.3. The molecular weight excluding hydrogens is 478 g/mol. The third kappa shape index (κ3) is 4.66. The zero-order valence-electron chi connectivity index (χ0n) is 20.6. The summed E-state index contributed by atoms with van der Waals surface area (Å²) in [5.41, 5.74) is 3.59. The maximum absolute atomic E-state index is 13.3. The molecule has 36 heavy (non-hydrogen) atoms. The number of para-hydroxylation sites is 1. The lowest BCUT2D eigenvalue weighted by atomic mass is 9.97. The van der Waals surface area contributed by atoms with Crippen LogP contribution in [0, 0.1) is 6.92 Å². The van der Waals surface area contributed by atoms with Crippen molar-refractivity contribution >= 4 is 17.3 Å². The number of hydrogen-bond donors (Lipinski definition) is 0. The van der Waals surface area contributed by atoms with Crippen LogP contribution in [0.3, 0.4) is 0 Å². The van der Waals surface area contributed by atoms with Crippen molar-refractivity contribution in [1.82, 2.24) is 24.4 Å². The Hall–Kier alpha value is -3.50. The van der Waals surface area contributed by atoms with E-state index in [2.05, 4.69) is 10.1 Å². The van der Waals surface area contributed by atoms with Gasteiger partial charge in [0.05, 0.1) is 22.9 Å². The number of piperidine rings is 1. The fourth-order valence-electron chi connectivity index (χ4n) is 4.65. The van der Waals surface area contributed by atoms with E-state index in [4.69, 9.17) is 14.2 Å². The van der Waals surface area contributed by atoms with Crippen molar-refractivity contribution in [1.29, 1.82) is 0 Å². The third-order valence-electron chi connectivity index (χ3n) is 6.76. The minimum atomic E-state index is -0.500. The van der Waals surface area contributed by atoms with E-state index in [1.807, 2.05) is 54.4 Å². The molecule has 3 aromatic heterocycles. The molecule has 0 unspecified atom stereocenters. The topological polar surface area (TPSA) is 95.4 Å². The SMILES string of the molecule is CCOC(=O)c1cc(-c2csc(C3CCN(Cc4c(C)n(C)n(-c5ccccc5)c4=O)CC3)n2)on1. The van der Waals surface area contributed by atoms with Crippen molar-refractivity contribution in [3.8, 4) is 17.1 Å². The average Bonchev–Trinajstić information content (AvgIpc) is 3.62. The van der Waals surface area contributed by atoms with Crippen LogP contribution >= 0.6 is 11.3 Å². The van der Waals surface area contributed by atoms with Crippen molar-refractivity contribution in [2.45, 2.75) is 39.2 Å². The van der Waals surface area contributed by atoms with Crippen LogP contribution in [-0.2, 0) is 18.3 Å². The van der Waals surface area contributed by atoms with Crippen LogP contribution < -0.4 is 5.56 Å². The van der Waals surface area contributed by atoms with Crippen LogP contribution in [0.15, 0.2) is 51.1 Å². The second kappa shape index (κ2) is 10.2. The number of aromatic nitrogens is 4. The number of esters is 1. The van der Waals surface area contributed by atoms with Gasteiger partial charge in [0.2, 0.25) is 0 Å². The lowest BCUT2D eigenvalue weighted by molar-refractivity contribution is 0.0514. The highest BCUT2D eigenvalue weighted by Crippen LogP contribution is 2.33. The third-order valence-corrected chi connectivity index (χ3v) is 7.77. The van der Waals surface area contributed by atoms with Crippen molar-refractivity contribution < 1.29 is 14.1 Å². The summed E-state index contributed by atoms with van der Waals surface area (Å²) >= 11 is 1.60. The van der Waals surface area contributed by atoms with Crippen molar-refractivity contribution in [2.24, 2.45) is 7.05 Å². The van der Waals surface area contributed by atoms with E-state index < -0.39 is 5.97 Å². The van der Waals surface area contributed by atoms with Gasteiger partial charge in [-0.3, -0.25) is 14.4 Å². The predicted molar refractivity (Wildman–Crippen MR) is 137 cm³/mol. The first-order chi connectivity index (χ1) is 17.5. The largest absolute Gasteiger partial charge is 0.461 e. The highest BCUT2D eigenvalue weighted by molar-refractivity contribution is 7.10. The Balaban J connectivity index is 1.23. The molecule has 1 aliphatic rings. The average molecular weight is 508 g/mol. The molecule has 10 heteroatoms. The summed E-state index contributed by atoms with van der Waals surface area (Å²) in [5, 5.41) is 6.80. The molecule has 5 rings (SSSR count). The van der Waals surface area contributed by atoms with Crippen LogP contribution in [0.5, 0.6) is 0 Å². The lowest BCUT2D eigenvalue weighted by Gasteiger charge is -2.30. The Labute approximate surface area is 212 Å². The molecule has 0 atom stereocenters. The molecule has 4 heterocycles. The Morgan fingerprint density at radius 1 is 1.22 bits per heavy atom. The first-order valence-corrected chi connectivity index (χ1v) is 13.0. The van der Waals surface area contributed by atoms with E-state index in [0.29, 0.717) is 23.9 Å². The maximum Gasteiger partial charge on any atom is 0.360 e. The monoisotopic (exact) mass is 507 g/mol. The predicted octanol–water partition coefficient (Wildman–Crippen LogP) is 4.15. The highest BCUT2D eigenvalue weighted by Gasteiger charge is 2.26. The number of benzene rings is 1. The zero-order valence-corrected chi connectivity index (χ0v) is 21.5. The molecule has 0 bridgehead atoms. The molecule has 0 radical (unpaired) electrons. The molecule has 0 spiro atoms. The van der Waals surface area contributed by atoms with Crippen LogP contribution in [0.4, 0.5) is 0 Å². The second-order valence-electron chi connectivity index (χ2n) is 8.96. The van der Waals surface area contributed by atoms with Gasteiger partial charge in [-0.05, 0) is 51.9 Å². The van der Waals surface area contributed by atoms with E-state index >= 15 is 0 Å². The summed E-state index contributed by atoms with van der Waals surface area (Å²) in [6.45, 7) is 6.48. The fraction of sp³-hybridized carbons (Fsp3) is 0.385. The van der Waals surface area contributed by atoms with Crippen molar-refractivity contribution in [2.75, 3.05) is 19.7 Å². The molecule has 1 aliphatic heterocycles. The number of hydrogen-bond acceptors (Lipinski definition) is 8. The van der Waals surface area contributed by atoms with Gasteiger partial charge in [-0.2, -0.15) is 0 Å². The molecule has 1 fully saturated rings. The number of thiazole rings is 1. The molecule has 1 saturated heterocycles. The van der Waals surface area contributed by atoms with Gasteiger partial charge in [0, 0.05) is 36.7 Å². The van der Waals surface area contributed by atoms with Gasteiger partial charge in [-0.25, -0.2) is 14.5 Å². The van der Waals surface area contributed by atoms with Gasteiger partial charge >= 0.3 is 5.97 Å². The summed E-state index contributed by atoms with van der Waals surface area (Å²) in [4.78, 5) is 32.2. The Bertz CT molecular complexity index is 1410. The van der Waals surface area contributed by atoms with Crippen LogP contribution in [0.1, 0.15) is 52.4 Å². The quantitative estimate of drug-likeness (QED) is 0.347. The second-order valence-corrected chi connectivity index (χ2v) is 9.85. The van der Waals surface area contributed by atoms with Crippen molar-refractivity contribution in [3.63, 3.8) is 0 Å². The molecule has 0 saturated carbocycles. The Morgan fingerprint density at radius 2 is 1.97 bits per heavy atom. The standard InChI is InChI=1S/C26H29N5O4S/c1-4-34-26(33)21-14-23(35-28-21)22-16-36-24(27-22)18-10-12-30(13-11-18)15-20-17(2)29(3)31(25(20)32)19-8-6-5-7-9-19/h5-9,14,16,18H,4,10-13,15H2,1-3H3. The molecule has 0 amide bonds. The van der Waals surface area contributed by atoms with E-state index in [1.165, 1.54) is 0 Å². The number of nitrogens with zero attached hydrogens (tertiary/aromatic N) is 5. The summed E-state index contributed by atoms with van der Waals surface area (Å²) in [7, 11) is 1.93. The summed E-state index contributed by atoms with van der Waals surface area (Å²) in [6, 6.07) is 11.3. The van der Waals surface area contributed by atoms with Crippen molar-refractivity contribution in [3.05, 3.63) is 74.1 Å². The molecule has 0 N–H and O–H groups in total. The van der Waals surface area contributed by atoms with E-state index in [1.54, 1.807) is 29.0 Å². The molecule has 0 aliphatic carbocycles. The highest BCUT2D eigenvalue weighted by atomic mass is 32.1. The van der Waals surface area contributed by atoms with Crippen LogP contribution in [0.2, 0.25) is 0 Å². The molecular formula is C26H29N5O4S. The van der Waals surface area contributed by atoms with Gasteiger partial charge in [0.1, 0.15) is 5.69 Å². The first kappa shape index (κ1) is 24.2. The molecule has 4 aromatic rings. The smallest absolute Gasteiger partial charge is 0.360 e. The number of ether oxygens (including phenoxy) is 1. The number of likely N-dealkylation sites (tertiary alicyclic amines) is 1. The van der Waals surface area contributed by atoms with Crippen LogP contribution in [-0.4, -0.2) is 50.1 Å². The molecule has 188 valence electrons. The number of carbonyl (C=O) groups is 1. The van der Waals surface area contributed by atoms with Gasteiger partial charge in [0.15, 0.2) is 11.5 Å². The van der Waals surface area contributed by atoms with Gasteiger partial charge in [0.25, 0.3) is 5.56 Å². The van der Waals surface area contributed by atoms with E-state index in [0.717, 1.165) is 47.9 Å². The van der Waals surface area contributed by atoms with E-state index in [-0.39, 0.29) is 17.9 Å².